The zero-order valence-corrected chi connectivity index (χ0v) is 14.2. The van der Waals surface area contributed by atoms with Gasteiger partial charge < -0.3 is 14.6 Å². The van der Waals surface area contributed by atoms with Crippen LogP contribution in [0.25, 0.3) is 21.8 Å². The molecule has 3 rings (SSSR count). The van der Waals surface area contributed by atoms with Crippen molar-refractivity contribution in [1.29, 1.82) is 0 Å². The van der Waals surface area contributed by atoms with E-state index in [0.717, 1.165) is 22.7 Å². The van der Waals surface area contributed by atoms with Gasteiger partial charge in [-0.25, -0.2) is 5.10 Å². The lowest BCUT2D eigenvalue weighted by Gasteiger charge is -2.08. The first-order valence-electron chi connectivity index (χ1n) is 8.42. The molecule has 2 aromatic heterocycles. The maximum Gasteiger partial charge on any atom is 0.288 e. The Morgan fingerprint density at radius 3 is 2.96 bits per heavy atom. The average molecular weight is 342 g/mol. The van der Waals surface area contributed by atoms with E-state index in [9.17, 15) is 9.59 Å². The molecule has 0 aliphatic heterocycles. The van der Waals surface area contributed by atoms with Crippen LogP contribution in [0.5, 0.6) is 0 Å². The molecule has 1 aromatic carbocycles. The molecule has 0 radical (unpaired) electrons. The van der Waals surface area contributed by atoms with Gasteiger partial charge in [0, 0.05) is 49.5 Å². The number of para-hydroxylation sites is 1. The number of methoxy groups -OCH3 is 1. The third-order valence-corrected chi connectivity index (χ3v) is 4.22. The lowest BCUT2D eigenvalue weighted by atomic mass is 10.2. The predicted octanol–water partition coefficient (Wildman–Crippen LogP) is 1.81. The Kier molecular flexibility index (Phi) is 5.45. The molecule has 3 aromatic rings. The SMILES string of the molecule is COCCCNC(=O)CCCn1c2ccccc2c2cn[nH]c(=O)c21. The number of aromatic nitrogens is 3. The fourth-order valence-electron chi connectivity index (χ4n) is 3.08. The summed E-state index contributed by atoms with van der Waals surface area (Å²) in [5.74, 6) is 0.0208. The van der Waals surface area contributed by atoms with Gasteiger partial charge in [-0.3, -0.25) is 9.59 Å². The number of nitrogens with one attached hydrogen (secondary N) is 2. The first-order chi connectivity index (χ1) is 12.2. The molecular formula is C18H22N4O3. The van der Waals surface area contributed by atoms with Crippen molar-refractivity contribution in [3.8, 4) is 0 Å². The molecule has 0 bridgehead atoms. The van der Waals surface area contributed by atoms with Crippen LogP contribution in [-0.4, -0.2) is 40.9 Å². The van der Waals surface area contributed by atoms with E-state index in [2.05, 4.69) is 15.5 Å². The average Bonchev–Trinajstić information content (AvgIpc) is 2.94. The zero-order chi connectivity index (χ0) is 17.6. The van der Waals surface area contributed by atoms with Gasteiger partial charge in [0.05, 0.1) is 6.20 Å². The molecule has 2 N–H and O–H groups in total. The number of amides is 1. The predicted molar refractivity (Wildman–Crippen MR) is 96.6 cm³/mol. The third kappa shape index (κ3) is 3.71. The summed E-state index contributed by atoms with van der Waals surface area (Å²) < 4.78 is 6.93. The number of benzene rings is 1. The minimum atomic E-state index is -0.210. The van der Waals surface area contributed by atoms with Gasteiger partial charge in [0.2, 0.25) is 5.91 Å². The fraction of sp³-hybridized carbons (Fsp3) is 0.389. The molecule has 25 heavy (non-hydrogen) atoms. The fourth-order valence-corrected chi connectivity index (χ4v) is 3.08. The number of ether oxygens (including phenoxy) is 1. The number of carbonyl (C=O) groups is 1. The summed E-state index contributed by atoms with van der Waals surface area (Å²) in [6, 6.07) is 7.86. The third-order valence-electron chi connectivity index (χ3n) is 4.22. The summed E-state index contributed by atoms with van der Waals surface area (Å²) in [6.07, 6.45) is 3.56. The van der Waals surface area contributed by atoms with Gasteiger partial charge in [-0.1, -0.05) is 18.2 Å². The van der Waals surface area contributed by atoms with Gasteiger partial charge in [0.1, 0.15) is 5.52 Å². The molecule has 0 unspecified atom stereocenters. The molecule has 0 saturated carbocycles. The molecule has 0 atom stereocenters. The number of nitrogens with zero attached hydrogens (tertiary/aromatic N) is 2. The maximum atomic E-state index is 12.2. The highest BCUT2D eigenvalue weighted by Gasteiger charge is 2.13. The van der Waals surface area contributed by atoms with Crippen molar-refractivity contribution < 1.29 is 9.53 Å². The minimum absolute atomic E-state index is 0.0208. The van der Waals surface area contributed by atoms with Crippen LogP contribution >= 0.6 is 0 Å². The Balaban J connectivity index is 1.73. The van der Waals surface area contributed by atoms with Crippen LogP contribution in [0.3, 0.4) is 0 Å². The van der Waals surface area contributed by atoms with E-state index < -0.39 is 0 Å². The van der Waals surface area contributed by atoms with Crippen molar-refractivity contribution in [1.82, 2.24) is 20.1 Å². The molecule has 7 heteroatoms. The van der Waals surface area contributed by atoms with E-state index in [-0.39, 0.29) is 11.5 Å². The van der Waals surface area contributed by atoms with Crippen LogP contribution in [0.4, 0.5) is 0 Å². The Hall–Kier alpha value is -2.67. The lowest BCUT2D eigenvalue weighted by molar-refractivity contribution is -0.121. The standard InChI is InChI=1S/C18H22N4O3/c1-25-11-5-9-19-16(23)8-4-10-22-15-7-3-2-6-13(15)14-12-20-21-18(24)17(14)22/h2-3,6-7,12H,4-5,8-11H2,1H3,(H,19,23)(H,21,24). The highest BCUT2D eigenvalue weighted by Crippen LogP contribution is 2.26. The number of aryl methyl sites for hydroxylation is 1. The quantitative estimate of drug-likeness (QED) is 0.611. The first kappa shape index (κ1) is 17.2. The molecule has 0 saturated heterocycles. The number of aromatic amines is 1. The van der Waals surface area contributed by atoms with E-state index in [1.807, 2.05) is 28.8 Å². The van der Waals surface area contributed by atoms with E-state index in [1.54, 1.807) is 13.3 Å². The normalized spacial score (nSPS) is 11.2. The highest BCUT2D eigenvalue weighted by atomic mass is 16.5. The van der Waals surface area contributed by atoms with Gasteiger partial charge in [-0.15, -0.1) is 0 Å². The molecule has 0 aliphatic carbocycles. The summed E-state index contributed by atoms with van der Waals surface area (Å²) >= 11 is 0. The molecule has 132 valence electrons. The Labute approximate surface area is 145 Å². The minimum Gasteiger partial charge on any atom is -0.385 e. The van der Waals surface area contributed by atoms with Gasteiger partial charge >= 0.3 is 0 Å². The lowest BCUT2D eigenvalue weighted by Crippen LogP contribution is -2.25. The summed E-state index contributed by atoms with van der Waals surface area (Å²) in [7, 11) is 1.64. The van der Waals surface area contributed by atoms with E-state index in [0.29, 0.717) is 38.1 Å². The van der Waals surface area contributed by atoms with Crippen LogP contribution in [0, 0.1) is 0 Å². The second-order valence-electron chi connectivity index (χ2n) is 5.93. The van der Waals surface area contributed by atoms with Crippen molar-refractivity contribution in [3.05, 3.63) is 40.8 Å². The van der Waals surface area contributed by atoms with Crippen LogP contribution in [0.2, 0.25) is 0 Å². The van der Waals surface area contributed by atoms with E-state index in [4.69, 9.17) is 4.74 Å². The van der Waals surface area contributed by atoms with Gasteiger partial charge in [-0.05, 0) is 18.9 Å². The van der Waals surface area contributed by atoms with Crippen molar-refractivity contribution in [2.24, 2.45) is 0 Å². The summed E-state index contributed by atoms with van der Waals surface area (Å²) in [5.41, 5.74) is 1.38. The second kappa shape index (κ2) is 7.94. The second-order valence-corrected chi connectivity index (χ2v) is 5.93. The van der Waals surface area contributed by atoms with Gasteiger partial charge in [0.15, 0.2) is 0 Å². The smallest absolute Gasteiger partial charge is 0.288 e. The number of carbonyl (C=O) groups excluding carboxylic acids is 1. The Bertz CT molecular complexity index is 929. The molecule has 0 fully saturated rings. The summed E-state index contributed by atoms with van der Waals surface area (Å²) in [5, 5.41) is 11.1. The van der Waals surface area contributed by atoms with Crippen LogP contribution in [0.1, 0.15) is 19.3 Å². The van der Waals surface area contributed by atoms with Gasteiger partial charge in [-0.2, -0.15) is 5.10 Å². The van der Waals surface area contributed by atoms with Crippen LogP contribution in [-0.2, 0) is 16.1 Å². The topological polar surface area (TPSA) is 89.0 Å². The molecule has 2 heterocycles. The largest absolute Gasteiger partial charge is 0.385 e. The molecular weight excluding hydrogens is 320 g/mol. The van der Waals surface area contributed by atoms with Crippen molar-refractivity contribution >= 4 is 27.7 Å². The van der Waals surface area contributed by atoms with Gasteiger partial charge in [0.25, 0.3) is 5.56 Å². The number of hydrogen-bond acceptors (Lipinski definition) is 4. The zero-order valence-electron chi connectivity index (χ0n) is 14.2. The van der Waals surface area contributed by atoms with Crippen molar-refractivity contribution in [2.45, 2.75) is 25.8 Å². The monoisotopic (exact) mass is 342 g/mol. The van der Waals surface area contributed by atoms with Crippen molar-refractivity contribution in [3.63, 3.8) is 0 Å². The van der Waals surface area contributed by atoms with Crippen LogP contribution in [0.15, 0.2) is 35.3 Å². The molecule has 0 aliphatic rings. The highest BCUT2D eigenvalue weighted by molar-refractivity contribution is 6.07. The summed E-state index contributed by atoms with van der Waals surface area (Å²) in [4.78, 5) is 24.1. The van der Waals surface area contributed by atoms with E-state index >= 15 is 0 Å². The Morgan fingerprint density at radius 2 is 2.12 bits per heavy atom. The van der Waals surface area contributed by atoms with Crippen LogP contribution < -0.4 is 10.9 Å². The van der Waals surface area contributed by atoms with E-state index in [1.165, 1.54) is 0 Å². The number of fused-ring (bicyclic) bond motifs is 3. The molecule has 7 nitrogen and oxygen atoms in total. The maximum absolute atomic E-state index is 12.2. The first-order valence-corrected chi connectivity index (χ1v) is 8.42. The molecule has 1 amide bonds. The Morgan fingerprint density at radius 1 is 1.28 bits per heavy atom. The molecule has 0 spiro atoms. The number of rotatable bonds is 8. The number of H-pyrrole nitrogens is 1. The van der Waals surface area contributed by atoms with Crippen molar-refractivity contribution in [2.75, 3.05) is 20.3 Å². The number of hydrogen-bond donors (Lipinski definition) is 2. The summed E-state index contributed by atoms with van der Waals surface area (Å²) in [6.45, 7) is 1.86.